The third kappa shape index (κ3) is 4.14. The summed E-state index contributed by atoms with van der Waals surface area (Å²) < 4.78 is 7.41. The van der Waals surface area contributed by atoms with Gasteiger partial charge in [0.15, 0.2) is 0 Å². The zero-order chi connectivity index (χ0) is 20.6. The Labute approximate surface area is 170 Å². The first-order valence-corrected chi connectivity index (χ1v) is 9.81. The standard InChI is InChI=1S/C24H25N3O2/c1-16-25-15-22-27(16)26-23(29-22)19-9-5-17(6-10-19)13-21(28)14-18-7-11-20(12-8-18)24(2,3)4/h5-12,15H,13-14H2,1-4H3. The molecule has 0 saturated heterocycles. The van der Waals surface area contributed by atoms with Gasteiger partial charge < -0.3 is 4.42 Å². The van der Waals surface area contributed by atoms with Crippen LogP contribution in [0.2, 0.25) is 0 Å². The Hall–Kier alpha value is -3.21. The zero-order valence-electron chi connectivity index (χ0n) is 17.3. The van der Waals surface area contributed by atoms with E-state index in [-0.39, 0.29) is 11.2 Å². The van der Waals surface area contributed by atoms with Crippen molar-refractivity contribution in [3.8, 4) is 11.5 Å². The molecular weight excluding hydrogens is 362 g/mol. The number of rotatable bonds is 5. The van der Waals surface area contributed by atoms with Crippen molar-refractivity contribution in [2.24, 2.45) is 0 Å². The van der Waals surface area contributed by atoms with E-state index in [0.717, 1.165) is 22.5 Å². The van der Waals surface area contributed by atoms with E-state index >= 15 is 0 Å². The minimum Gasteiger partial charge on any atom is -0.417 e. The molecule has 4 aromatic rings. The number of Topliss-reactive ketones (excluding diaryl/α,β-unsaturated/α-hetero) is 1. The molecule has 0 fully saturated rings. The number of nitrogens with zero attached hydrogens (tertiary/aromatic N) is 3. The predicted molar refractivity (Wildman–Crippen MR) is 113 cm³/mol. The molecule has 2 aromatic heterocycles. The van der Waals surface area contributed by atoms with E-state index in [1.54, 1.807) is 10.7 Å². The van der Waals surface area contributed by atoms with Crippen LogP contribution in [0.1, 0.15) is 43.3 Å². The van der Waals surface area contributed by atoms with Gasteiger partial charge in [0.2, 0.25) is 11.6 Å². The highest BCUT2D eigenvalue weighted by molar-refractivity contribution is 5.83. The summed E-state index contributed by atoms with van der Waals surface area (Å²) in [7, 11) is 0. The van der Waals surface area contributed by atoms with Gasteiger partial charge in [-0.1, -0.05) is 57.2 Å². The topological polar surface area (TPSA) is 60.4 Å². The maximum Gasteiger partial charge on any atom is 0.246 e. The van der Waals surface area contributed by atoms with E-state index in [1.165, 1.54) is 5.56 Å². The molecule has 0 bridgehead atoms. The number of imidazole rings is 1. The zero-order valence-corrected chi connectivity index (χ0v) is 17.3. The normalized spacial score (nSPS) is 11.9. The summed E-state index contributed by atoms with van der Waals surface area (Å²) in [6, 6.07) is 16.2. The molecule has 2 aromatic carbocycles. The summed E-state index contributed by atoms with van der Waals surface area (Å²) in [5, 5.41) is 4.43. The van der Waals surface area contributed by atoms with Crippen LogP contribution in [0.3, 0.4) is 0 Å². The van der Waals surface area contributed by atoms with Crippen LogP contribution < -0.4 is 0 Å². The lowest BCUT2D eigenvalue weighted by molar-refractivity contribution is -0.117. The second-order valence-electron chi connectivity index (χ2n) is 8.50. The van der Waals surface area contributed by atoms with Crippen molar-refractivity contribution in [2.45, 2.75) is 46.0 Å². The van der Waals surface area contributed by atoms with Crippen molar-refractivity contribution >= 4 is 11.5 Å². The second-order valence-corrected chi connectivity index (χ2v) is 8.50. The molecular formula is C24H25N3O2. The number of fused-ring (bicyclic) bond motifs is 1. The summed E-state index contributed by atoms with van der Waals surface area (Å²) in [6.07, 6.45) is 2.52. The first kappa shape index (κ1) is 19.1. The lowest BCUT2D eigenvalue weighted by Crippen LogP contribution is -2.11. The molecule has 0 amide bonds. The molecule has 5 nitrogen and oxygen atoms in total. The second kappa shape index (κ2) is 7.32. The summed E-state index contributed by atoms with van der Waals surface area (Å²) >= 11 is 0. The van der Waals surface area contributed by atoms with Gasteiger partial charge in [0.25, 0.3) is 0 Å². The lowest BCUT2D eigenvalue weighted by Gasteiger charge is -2.19. The molecule has 5 heteroatoms. The molecule has 0 N–H and O–H groups in total. The number of benzene rings is 2. The molecule has 0 atom stereocenters. The van der Waals surface area contributed by atoms with Gasteiger partial charge in [-0.15, -0.1) is 5.10 Å². The van der Waals surface area contributed by atoms with Crippen LogP contribution in [0.25, 0.3) is 17.2 Å². The molecule has 4 rings (SSSR count). The van der Waals surface area contributed by atoms with Gasteiger partial charge in [-0.3, -0.25) is 4.79 Å². The van der Waals surface area contributed by atoms with Gasteiger partial charge in [-0.05, 0) is 41.2 Å². The first-order valence-electron chi connectivity index (χ1n) is 9.81. The lowest BCUT2D eigenvalue weighted by atomic mass is 9.86. The van der Waals surface area contributed by atoms with Crippen molar-refractivity contribution in [3.05, 3.63) is 77.2 Å². The molecule has 29 heavy (non-hydrogen) atoms. The maximum atomic E-state index is 12.5. The van der Waals surface area contributed by atoms with Gasteiger partial charge in [0.1, 0.15) is 11.6 Å². The molecule has 0 saturated carbocycles. The van der Waals surface area contributed by atoms with Gasteiger partial charge in [-0.25, -0.2) is 4.98 Å². The molecule has 0 aliphatic rings. The van der Waals surface area contributed by atoms with E-state index in [1.807, 2.05) is 31.2 Å². The molecule has 0 unspecified atom stereocenters. The van der Waals surface area contributed by atoms with Crippen LogP contribution in [-0.4, -0.2) is 20.4 Å². The Morgan fingerprint density at radius 3 is 2.10 bits per heavy atom. The summed E-state index contributed by atoms with van der Waals surface area (Å²) in [6.45, 7) is 8.45. The largest absolute Gasteiger partial charge is 0.417 e. The van der Waals surface area contributed by atoms with E-state index in [0.29, 0.717) is 24.4 Å². The minimum absolute atomic E-state index is 0.120. The van der Waals surface area contributed by atoms with Crippen molar-refractivity contribution in [1.29, 1.82) is 0 Å². The predicted octanol–water partition coefficient (Wildman–Crippen LogP) is 4.95. The molecule has 148 valence electrons. The van der Waals surface area contributed by atoms with E-state index in [2.05, 4.69) is 55.1 Å². The van der Waals surface area contributed by atoms with Gasteiger partial charge in [0.05, 0.1) is 6.20 Å². The number of hydrogen-bond acceptors (Lipinski definition) is 4. The third-order valence-electron chi connectivity index (χ3n) is 5.09. The number of hydrogen-bond donors (Lipinski definition) is 0. The van der Waals surface area contributed by atoms with E-state index in [9.17, 15) is 4.79 Å². The average Bonchev–Trinajstić information content (AvgIpc) is 3.24. The van der Waals surface area contributed by atoms with Crippen molar-refractivity contribution in [3.63, 3.8) is 0 Å². The van der Waals surface area contributed by atoms with E-state index < -0.39 is 0 Å². The number of ketones is 1. The monoisotopic (exact) mass is 387 g/mol. The van der Waals surface area contributed by atoms with Gasteiger partial charge in [-0.2, -0.15) is 4.52 Å². The number of carbonyl (C=O) groups excluding carboxylic acids is 1. The van der Waals surface area contributed by atoms with Crippen LogP contribution in [0.5, 0.6) is 0 Å². The van der Waals surface area contributed by atoms with Gasteiger partial charge >= 0.3 is 0 Å². The van der Waals surface area contributed by atoms with Crippen molar-refractivity contribution in [2.75, 3.05) is 0 Å². The highest BCUT2D eigenvalue weighted by Gasteiger charge is 2.14. The van der Waals surface area contributed by atoms with Crippen LogP contribution in [-0.2, 0) is 23.1 Å². The highest BCUT2D eigenvalue weighted by atomic mass is 16.4. The average molecular weight is 387 g/mol. The van der Waals surface area contributed by atoms with Crippen LogP contribution in [0.15, 0.2) is 59.1 Å². The van der Waals surface area contributed by atoms with Crippen molar-refractivity contribution in [1.82, 2.24) is 14.6 Å². The Morgan fingerprint density at radius 1 is 0.966 bits per heavy atom. The Morgan fingerprint density at radius 2 is 1.55 bits per heavy atom. The Balaban J connectivity index is 1.41. The Kier molecular flexibility index (Phi) is 4.82. The quantitative estimate of drug-likeness (QED) is 0.486. The number of aryl methyl sites for hydroxylation is 1. The summed E-state index contributed by atoms with van der Waals surface area (Å²) in [4.78, 5) is 16.7. The molecule has 0 spiro atoms. The molecule has 2 heterocycles. The summed E-state index contributed by atoms with van der Waals surface area (Å²) in [5.41, 5.74) is 4.94. The van der Waals surface area contributed by atoms with Crippen molar-refractivity contribution < 1.29 is 9.21 Å². The molecule has 0 aliphatic heterocycles. The van der Waals surface area contributed by atoms with Gasteiger partial charge in [0, 0.05) is 18.4 Å². The summed E-state index contributed by atoms with van der Waals surface area (Å²) in [5.74, 6) is 1.53. The third-order valence-corrected chi connectivity index (χ3v) is 5.09. The number of aromatic nitrogens is 3. The van der Waals surface area contributed by atoms with Crippen LogP contribution in [0, 0.1) is 6.92 Å². The fourth-order valence-corrected chi connectivity index (χ4v) is 3.34. The minimum atomic E-state index is 0.120. The van der Waals surface area contributed by atoms with Crippen LogP contribution >= 0.6 is 0 Å². The fraction of sp³-hybridized carbons (Fsp3) is 0.292. The Bertz CT molecular complexity index is 1140. The maximum absolute atomic E-state index is 12.5. The highest BCUT2D eigenvalue weighted by Crippen LogP contribution is 2.23. The fourth-order valence-electron chi connectivity index (χ4n) is 3.34. The first-order chi connectivity index (χ1) is 13.8. The van der Waals surface area contributed by atoms with Crippen LogP contribution in [0.4, 0.5) is 0 Å². The number of carbonyl (C=O) groups is 1. The molecule has 0 aliphatic carbocycles. The molecule has 0 radical (unpaired) electrons. The SMILES string of the molecule is Cc1ncc2oc(-c3ccc(CC(=O)Cc4ccc(C(C)(C)C)cc4)cc3)nn12. The smallest absolute Gasteiger partial charge is 0.246 e. The van der Waals surface area contributed by atoms with E-state index in [4.69, 9.17) is 4.42 Å².